The van der Waals surface area contributed by atoms with Gasteiger partial charge in [0, 0.05) is 5.41 Å². The molecule has 0 aromatic carbocycles. The van der Waals surface area contributed by atoms with E-state index in [4.69, 9.17) is 10.5 Å². The first kappa shape index (κ1) is 12.0. The molecular formula is C15H27NO. The second kappa shape index (κ2) is 3.96. The van der Waals surface area contributed by atoms with Crippen LogP contribution in [0.1, 0.15) is 52.4 Å². The predicted octanol–water partition coefficient (Wildman–Crippen LogP) is 2.96. The third kappa shape index (κ3) is 2.26. The SMILES string of the molecule is CC(C)(CN)COC12CC3CC(CC(C3)C1)C2. The molecule has 0 amide bonds. The third-order valence-corrected chi connectivity index (χ3v) is 5.30. The van der Waals surface area contributed by atoms with E-state index in [0.29, 0.717) is 0 Å². The summed E-state index contributed by atoms with van der Waals surface area (Å²) in [5.74, 6) is 2.92. The molecule has 4 aliphatic rings. The Hall–Kier alpha value is -0.0800. The van der Waals surface area contributed by atoms with Gasteiger partial charge in [-0.3, -0.25) is 0 Å². The molecule has 0 heterocycles. The minimum absolute atomic E-state index is 0.142. The molecule has 4 bridgehead atoms. The lowest BCUT2D eigenvalue weighted by Gasteiger charge is -2.56. The van der Waals surface area contributed by atoms with Crippen LogP contribution in [0.15, 0.2) is 0 Å². The average Bonchev–Trinajstić information content (AvgIpc) is 2.25. The van der Waals surface area contributed by atoms with Crippen molar-refractivity contribution in [2.45, 2.75) is 58.0 Å². The summed E-state index contributed by atoms with van der Waals surface area (Å²) in [7, 11) is 0. The van der Waals surface area contributed by atoms with Crippen LogP contribution in [0.25, 0.3) is 0 Å². The van der Waals surface area contributed by atoms with Gasteiger partial charge in [0.05, 0.1) is 12.2 Å². The Morgan fingerprint density at radius 3 is 1.94 bits per heavy atom. The van der Waals surface area contributed by atoms with Crippen LogP contribution in [0.2, 0.25) is 0 Å². The molecule has 4 rings (SSSR count). The summed E-state index contributed by atoms with van der Waals surface area (Å²) in [5, 5.41) is 0. The average molecular weight is 237 g/mol. The highest BCUT2D eigenvalue weighted by atomic mass is 16.5. The van der Waals surface area contributed by atoms with Gasteiger partial charge in [-0.15, -0.1) is 0 Å². The summed E-state index contributed by atoms with van der Waals surface area (Å²) in [6.07, 6.45) is 8.47. The van der Waals surface area contributed by atoms with Gasteiger partial charge in [-0.1, -0.05) is 13.8 Å². The molecule has 4 fully saturated rings. The Morgan fingerprint density at radius 2 is 1.53 bits per heavy atom. The zero-order valence-electron chi connectivity index (χ0n) is 11.4. The van der Waals surface area contributed by atoms with E-state index in [9.17, 15) is 0 Å². The molecule has 0 spiro atoms. The molecular weight excluding hydrogens is 210 g/mol. The number of hydrogen-bond donors (Lipinski definition) is 1. The Balaban J connectivity index is 1.66. The summed E-state index contributed by atoms with van der Waals surface area (Å²) >= 11 is 0. The fourth-order valence-corrected chi connectivity index (χ4v) is 4.62. The summed E-state index contributed by atoms with van der Waals surface area (Å²) in [4.78, 5) is 0. The van der Waals surface area contributed by atoms with Gasteiger partial charge < -0.3 is 10.5 Å². The molecule has 0 radical (unpaired) electrons. The van der Waals surface area contributed by atoms with Crippen LogP contribution in [-0.2, 0) is 4.74 Å². The van der Waals surface area contributed by atoms with Crippen LogP contribution in [0.5, 0.6) is 0 Å². The van der Waals surface area contributed by atoms with Crippen LogP contribution in [0.4, 0.5) is 0 Å². The smallest absolute Gasteiger partial charge is 0.0690 e. The van der Waals surface area contributed by atoms with Crippen LogP contribution in [0.3, 0.4) is 0 Å². The van der Waals surface area contributed by atoms with Crippen molar-refractivity contribution in [2.75, 3.05) is 13.2 Å². The van der Waals surface area contributed by atoms with E-state index in [0.717, 1.165) is 30.9 Å². The quantitative estimate of drug-likeness (QED) is 0.816. The summed E-state index contributed by atoms with van der Waals surface area (Å²) in [5.41, 5.74) is 6.20. The van der Waals surface area contributed by atoms with Crippen molar-refractivity contribution in [1.82, 2.24) is 0 Å². The van der Waals surface area contributed by atoms with Crippen LogP contribution in [0, 0.1) is 23.2 Å². The van der Waals surface area contributed by atoms with E-state index < -0.39 is 0 Å². The minimum atomic E-state index is 0.142. The fraction of sp³-hybridized carbons (Fsp3) is 1.00. The van der Waals surface area contributed by atoms with Crippen LogP contribution >= 0.6 is 0 Å². The van der Waals surface area contributed by atoms with Gasteiger partial charge in [-0.2, -0.15) is 0 Å². The highest BCUT2D eigenvalue weighted by molar-refractivity contribution is 5.03. The van der Waals surface area contributed by atoms with Gasteiger partial charge in [0.1, 0.15) is 0 Å². The van der Waals surface area contributed by atoms with Crippen molar-refractivity contribution in [3.63, 3.8) is 0 Å². The summed E-state index contributed by atoms with van der Waals surface area (Å²) in [6.45, 7) is 6.00. The fourth-order valence-electron chi connectivity index (χ4n) is 4.62. The molecule has 0 atom stereocenters. The van der Waals surface area contributed by atoms with Gasteiger partial charge in [-0.05, 0) is 62.8 Å². The highest BCUT2D eigenvalue weighted by Gasteiger charge is 2.51. The Morgan fingerprint density at radius 1 is 1.06 bits per heavy atom. The number of nitrogens with two attached hydrogens (primary N) is 1. The van der Waals surface area contributed by atoms with Crippen molar-refractivity contribution < 1.29 is 4.74 Å². The van der Waals surface area contributed by atoms with Crippen LogP contribution < -0.4 is 5.73 Å². The normalized spacial score (nSPS) is 44.3. The zero-order chi connectivity index (χ0) is 12.1. The second-order valence-electron chi connectivity index (χ2n) is 7.76. The number of hydrogen-bond acceptors (Lipinski definition) is 2. The lowest BCUT2D eigenvalue weighted by atomic mass is 9.54. The maximum atomic E-state index is 6.42. The van der Waals surface area contributed by atoms with E-state index in [2.05, 4.69) is 13.8 Å². The molecule has 0 aliphatic heterocycles. The van der Waals surface area contributed by atoms with E-state index in [1.54, 1.807) is 0 Å². The zero-order valence-corrected chi connectivity index (χ0v) is 11.4. The Bertz CT molecular complexity index is 262. The molecule has 17 heavy (non-hydrogen) atoms. The van der Waals surface area contributed by atoms with Gasteiger partial charge in [0.25, 0.3) is 0 Å². The standard InChI is InChI=1S/C15H27NO/c1-14(2,9-16)10-17-15-6-11-3-12(7-15)5-13(4-11)8-15/h11-13H,3-10,16H2,1-2H3. The first-order valence-electron chi connectivity index (χ1n) is 7.34. The van der Waals surface area contributed by atoms with Crippen molar-refractivity contribution in [1.29, 1.82) is 0 Å². The highest BCUT2D eigenvalue weighted by Crippen LogP contribution is 2.57. The summed E-state index contributed by atoms with van der Waals surface area (Å²) < 4.78 is 6.42. The Kier molecular flexibility index (Phi) is 2.79. The van der Waals surface area contributed by atoms with E-state index in [-0.39, 0.29) is 11.0 Å². The topological polar surface area (TPSA) is 35.2 Å². The molecule has 0 aromatic heterocycles. The van der Waals surface area contributed by atoms with Crippen molar-refractivity contribution in [3.8, 4) is 0 Å². The molecule has 4 aliphatic carbocycles. The van der Waals surface area contributed by atoms with E-state index in [1.807, 2.05) is 0 Å². The molecule has 2 nitrogen and oxygen atoms in total. The van der Waals surface area contributed by atoms with Gasteiger partial charge >= 0.3 is 0 Å². The molecule has 2 N–H and O–H groups in total. The Labute approximate surface area is 105 Å². The third-order valence-electron chi connectivity index (χ3n) is 5.30. The predicted molar refractivity (Wildman–Crippen MR) is 69.7 cm³/mol. The minimum Gasteiger partial charge on any atom is -0.374 e. The van der Waals surface area contributed by atoms with Gasteiger partial charge in [0.2, 0.25) is 0 Å². The monoisotopic (exact) mass is 237 g/mol. The molecule has 0 unspecified atom stereocenters. The molecule has 0 saturated heterocycles. The van der Waals surface area contributed by atoms with Gasteiger partial charge in [0.15, 0.2) is 0 Å². The lowest BCUT2D eigenvalue weighted by Crippen LogP contribution is -2.53. The molecule has 4 saturated carbocycles. The summed E-state index contributed by atoms with van der Waals surface area (Å²) in [6, 6.07) is 0. The number of rotatable bonds is 4. The van der Waals surface area contributed by atoms with Crippen LogP contribution in [-0.4, -0.2) is 18.8 Å². The van der Waals surface area contributed by atoms with Crippen molar-refractivity contribution in [2.24, 2.45) is 28.9 Å². The number of ether oxygens (including phenoxy) is 1. The van der Waals surface area contributed by atoms with Crippen molar-refractivity contribution >= 4 is 0 Å². The maximum absolute atomic E-state index is 6.42. The van der Waals surface area contributed by atoms with Gasteiger partial charge in [-0.25, -0.2) is 0 Å². The molecule has 0 aromatic rings. The first-order valence-corrected chi connectivity index (χ1v) is 7.34. The maximum Gasteiger partial charge on any atom is 0.0690 e. The first-order chi connectivity index (χ1) is 8.00. The molecule has 2 heteroatoms. The largest absolute Gasteiger partial charge is 0.374 e. The van der Waals surface area contributed by atoms with E-state index >= 15 is 0 Å². The lowest BCUT2D eigenvalue weighted by molar-refractivity contribution is -0.175. The van der Waals surface area contributed by atoms with Crippen molar-refractivity contribution in [3.05, 3.63) is 0 Å². The molecule has 98 valence electrons. The van der Waals surface area contributed by atoms with E-state index in [1.165, 1.54) is 38.5 Å². The second-order valence-corrected chi connectivity index (χ2v) is 7.76.